The first kappa shape index (κ1) is 13.6. The molecule has 1 N–H and O–H groups in total. The molecule has 2 rings (SSSR count). The molecule has 0 saturated carbocycles. The van der Waals surface area contributed by atoms with Crippen LogP contribution in [0.3, 0.4) is 0 Å². The van der Waals surface area contributed by atoms with E-state index in [2.05, 4.69) is 5.32 Å². The van der Waals surface area contributed by atoms with Gasteiger partial charge in [-0.1, -0.05) is 0 Å². The van der Waals surface area contributed by atoms with Gasteiger partial charge in [0.2, 0.25) is 0 Å². The van der Waals surface area contributed by atoms with Gasteiger partial charge in [-0.05, 0) is 24.8 Å². The Hall–Kier alpha value is -1.82. The Morgan fingerprint density at radius 1 is 1.58 bits per heavy atom. The molecule has 1 aliphatic rings. The van der Waals surface area contributed by atoms with Gasteiger partial charge >= 0.3 is 0 Å². The predicted octanol–water partition coefficient (Wildman–Crippen LogP) is 2.44. The molecule has 0 radical (unpaired) electrons. The molecule has 6 nitrogen and oxygen atoms in total. The molecule has 1 saturated heterocycles. The lowest BCUT2D eigenvalue weighted by molar-refractivity contribution is -0.384. The Balaban J connectivity index is 2.00. The summed E-state index contributed by atoms with van der Waals surface area (Å²) >= 11 is 0. The van der Waals surface area contributed by atoms with E-state index in [9.17, 15) is 10.1 Å². The van der Waals surface area contributed by atoms with Crippen LogP contribution in [0, 0.1) is 16.0 Å². The van der Waals surface area contributed by atoms with E-state index in [1.54, 1.807) is 6.07 Å². The van der Waals surface area contributed by atoms with E-state index in [0.717, 1.165) is 38.3 Å². The zero-order chi connectivity index (χ0) is 13.7. The lowest BCUT2D eigenvalue weighted by atomic mass is 10.0. The van der Waals surface area contributed by atoms with Crippen molar-refractivity contribution in [2.75, 3.05) is 32.2 Å². The van der Waals surface area contributed by atoms with Crippen molar-refractivity contribution in [2.45, 2.75) is 12.8 Å². The molecule has 1 aromatic carbocycles. The second kappa shape index (κ2) is 6.38. The first-order valence-electron chi connectivity index (χ1n) is 6.34. The normalized spacial score (nSPS) is 18.9. The smallest absolute Gasteiger partial charge is 0.273 e. The van der Waals surface area contributed by atoms with Gasteiger partial charge in [-0.2, -0.15) is 0 Å². The summed E-state index contributed by atoms with van der Waals surface area (Å²) < 4.78 is 10.6. The molecular weight excluding hydrogens is 248 g/mol. The Morgan fingerprint density at radius 2 is 2.42 bits per heavy atom. The molecule has 104 valence electrons. The molecular formula is C13H18N2O4. The van der Waals surface area contributed by atoms with Crippen molar-refractivity contribution in [1.82, 2.24) is 0 Å². The van der Waals surface area contributed by atoms with Crippen LogP contribution < -0.4 is 10.1 Å². The highest BCUT2D eigenvalue weighted by molar-refractivity contribution is 5.60. The molecule has 0 aromatic heterocycles. The average Bonchev–Trinajstić information content (AvgIpc) is 2.45. The topological polar surface area (TPSA) is 73.6 Å². The first-order chi connectivity index (χ1) is 9.20. The minimum atomic E-state index is -0.429. The van der Waals surface area contributed by atoms with Gasteiger partial charge in [0.25, 0.3) is 5.69 Å². The number of hydrogen-bond acceptors (Lipinski definition) is 5. The molecule has 1 atom stereocenters. The molecule has 1 heterocycles. The highest BCUT2D eigenvalue weighted by Gasteiger charge is 2.15. The molecule has 1 unspecified atom stereocenters. The fraction of sp³-hybridized carbons (Fsp3) is 0.538. The van der Waals surface area contributed by atoms with Crippen molar-refractivity contribution in [3.8, 4) is 5.75 Å². The third kappa shape index (κ3) is 3.57. The van der Waals surface area contributed by atoms with Gasteiger partial charge in [-0.25, -0.2) is 0 Å². The van der Waals surface area contributed by atoms with Crippen LogP contribution in [0.25, 0.3) is 0 Å². The number of nitrogens with zero attached hydrogens (tertiary/aromatic N) is 1. The van der Waals surface area contributed by atoms with Crippen LogP contribution in [0.2, 0.25) is 0 Å². The summed E-state index contributed by atoms with van der Waals surface area (Å²) in [5.41, 5.74) is 0.807. The van der Waals surface area contributed by atoms with Crippen molar-refractivity contribution in [2.24, 2.45) is 5.92 Å². The lowest BCUT2D eigenvalue weighted by Crippen LogP contribution is -2.24. The molecule has 0 aliphatic carbocycles. The average molecular weight is 266 g/mol. The van der Waals surface area contributed by atoms with Crippen LogP contribution in [0.5, 0.6) is 5.75 Å². The number of hydrogen-bond donors (Lipinski definition) is 1. The number of anilines is 1. The quantitative estimate of drug-likeness (QED) is 0.654. The molecule has 1 fully saturated rings. The Labute approximate surface area is 111 Å². The standard InChI is InChI=1S/C13H18N2O4/c1-18-13-7-11(15(16)17)4-5-12(13)14-8-10-3-2-6-19-9-10/h4-5,7,10,14H,2-3,6,8-9H2,1H3. The van der Waals surface area contributed by atoms with Gasteiger partial charge in [0.15, 0.2) is 0 Å². The monoisotopic (exact) mass is 266 g/mol. The van der Waals surface area contributed by atoms with Crippen LogP contribution in [0.4, 0.5) is 11.4 Å². The van der Waals surface area contributed by atoms with Crippen molar-refractivity contribution >= 4 is 11.4 Å². The first-order valence-corrected chi connectivity index (χ1v) is 6.34. The number of non-ortho nitro benzene ring substituents is 1. The highest BCUT2D eigenvalue weighted by Crippen LogP contribution is 2.29. The van der Waals surface area contributed by atoms with Crippen LogP contribution in [-0.2, 0) is 4.74 Å². The zero-order valence-electron chi connectivity index (χ0n) is 10.9. The fourth-order valence-corrected chi connectivity index (χ4v) is 2.16. The van der Waals surface area contributed by atoms with E-state index in [1.165, 1.54) is 19.2 Å². The SMILES string of the molecule is COc1cc([N+](=O)[O-])ccc1NCC1CCCOC1. The van der Waals surface area contributed by atoms with E-state index in [4.69, 9.17) is 9.47 Å². The van der Waals surface area contributed by atoms with E-state index < -0.39 is 4.92 Å². The van der Waals surface area contributed by atoms with Crippen LogP contribution >= 0.6 is 0 Å². The molecule has 1 aliphatic heterocycles. The zero-order valence-corrected chi connectivity index (χ0v) is 10.9. The second-order valence-electron chi connectivity index (χ2n) is 4.61. The molecule has 0 amide bonds. The van der Waals surface area contributed by atoms with Gasteiger partial charge in [0.05, 0.1) is 30.4 Å². The molecule has 0 bridgehead atoms. The predicted molar refractivity (Wildman–Crippen MR) is 71.7 cm³/mol. The van der Waals surface area contributed by atoms with Crippen molar-refractivity contribution in [3.05, 3.63) is 28.3 Å². The molecule has 0 spiro atoms. The number of nitro benzene ring substituents is 1. The number of nitrogens with one attached hydrogen (secondary N) is 1. The van der Waals surface area contributed by atoms with Crippen molar-refractivity contribution in [1.29, 1.82) is 0 Å². The van der Waals surface area contributed by atoms with Crippen LogP contribution in [0.1, 0.15) is 12.8 Å². The Kier molecular flexibility index (Phi) is 4.57. The summed E-state index contributed by atoms with van der Waals surface area (Å²) in [5.74, 6) is 0.972. The summed E-state index contributed by atoms with van der Waals surface area (Å²) in [7, 11) is 1.51. The maximum absolute atomic E-state index is 10.7. The summed E-state index contributed by atoms with van der Waals surface area (Å²) in [5, 5.41) is 14.0. The molecule has 19 heavy (non-hydrogen) atoms. The highest BCUT2D eigenvalue weighted by atomic mass is 16.6. The number of ether oxygens (including phenoxy) is 2. The minimum absolute atomic E-state index is 0.0309. The summed E-state index contributed by atoms with van der Waals surface area (Å²) in [6, 6.07) is 4.59. The Bertz CT molecular complexity index is 444. The molecule has 1 aromatic rings. The third-order valence-corrected chi connectivity index (χ3v) is 3.23. The van der Waals surface area contributed by atoms with E-state index in [1.807, 2.05) is 0 Å². The van der Waals surface area contributed by atoms with Gasteiger partial charge in [0.1, 0.15) is 5.75 Å². The van der Waals surface area contributed by atoms with Gasteiger partial charge in [0, 0.05) is 19.2 Å². The maximum Gasteiger partial charge on any atom is 0.273 e. The van der Waals surface area contributed by atoms with Crippen molar-refractivity contribution in [3.63, 3.8) is 0 Å². The number of benzene rings is 1. The summed E-state index contributed by atoms with van der Waals surface area (Å²) in [4.78, 5) is 10.3. The van der Waals surface area contributed by atoms with E-state index in [-0.39, 0.29) is 5.69 Å². The number of rotatable bonds is 5. The minimum Gasteiger partial charge on any atom is -0.494 e. The fourth-order valence-electron chi connectivity index (χ4n) is 2.16. The molecule has 6 heteroatoms. The van der Waals surface area contributed by atoms with Crippen LogP contribution in [0.15, 0.2) is 18.2 Å². The summed E-state index contributed by atoms with van der Waals surface area (Å²) in [6.07, 6.45) is 2.23. The summed E-state index contributed by atoms with van der Waals surface area (Å²) in [6.45, 7) is 2.40. The van der Waals surface area contributed by atoms with Gasteiger partial charge in [-0.3, -0.25) is 10.1 Å². The maximum atomic E-state index is 10.7. The third-order valence-electron chi connectivity index (χ3n) is 3.23. The van der Waals surface area contributed by atoms with Gasteiger partial charge < -0.3 is 14.8 Å². The number of methoxy groups -OCH3 is 1. The van der Waals surface area contributed by atoms with Crippen molar-refractivity contribution < 1.29 is 14.4 Å². The van der Waals surface area contributed by atoms with E-state index >= 15 is 0 Å². The second-order valence-corrected chi connectivity index (χ2v) is 4.61. The van der Waals surface area contributed by atoms with E-state index in [0.29, 0.717) is 11.7 Å². The Morgan fingerprint density at radius 3 is 3.05 bits per heavy atom. The lowest BCUT2D eigenvalue weighted by Gasteiger charge is -2.23. The van der Waals surface area contributed by atoms with Gasteiger partial charge in [-0.15, -0.1) is 0 Å². The number of nitro groups is 1. The van der Waals surface area contributed by atoms with Crippen LogP contribution in [-0.4, -0.2) is 31.8 Å². The largest absolute Gasteiger partial charge is 0.494 e.